The molecule has 1 aromatic rings. The monoisotopic (exact) mass is 324 g/mol. The molecule has 3 nitrogen and oxygen atoms in total. The van der Waals surface area contributed by atoms with Gasteiger partial charge in [0.15, 0.2) is 0 Å². The zero-order valence-electron chi connectivity index (χ0n) is 8.66. The molecule has 1 atom stereocenters. The Morgan fingerprint density at radius 2 is 2.50 bits per heavy atom. The standard InChI is InChI=1S/C10H13BrN2OS.ClH/c11-8-3-9(15-6-8)5-13-10(14)7-1-2-12-4-7;/h3,6-7,12H,1-2,4-5H2,(H,13,14);1H/t7-;/m1./s1. The van der Waals surface area contributed by atoms with Gasteiger partial charge in [-0.05, 0) is 35.0 Å². The first kappa shape index (κ1) is 14.0. The maximum absolute atomic E-state index is 11.7. The number of carbonyl (C=O) groups is 1. The Bertz CT molecular complexity index is 352. The summed E-state index contributed by atoms with van der Waals surface area (Å²) >= 11 is 5.05. The quantitative estimate of drug-likeness (QED) is 0.894. The van der Waals surface area contributed by atoms with Crippen LogP contribution in [0, 0.1) is 5.92 Å². The molecule has 0 saturated carbocycles. The number of hydrogen-bond donors (Lipinski definition) is 2. The van der Waals surface area contributed by atoms with Gasteiger partial charge in [-0.25, -0.2) is 0 Å². The van der Waals surface area contributed by atoms with Crippen LogP contribution in [-0.2, 0) is 11.3 Å². The molecule has 90 valence electrons. The van der Waals surface area contributed by atoms with E-state index in [1.165, 1.54) is 4.88 Å². The van der Waals surface area contributed by atoms with E-state index in [9.17, 15) is 4.79 Å². The van der Waals surface area contributed by atoms with E-state index < -0.39 is 0 Å². The minimum atomic E-state index is 0. The number of halogens is 2. The van der Waals surface area contributed by atoms with Crippen molar-refractivity contribution in [1.29, 1.82) is 0 Å². The van der Waals surface area contributed by atoms with Gasteiger partial charge in [-0.1, -0.05) is 0 Å². The Balaban J connectivity index is 0.00000128. The fourth-order valence-corrected chi connectivity index (χ4v) is 3.03. The molecule has 1 aliphatic heterocycles. The van der Waals surface area contributed by atoms with Crippen molar-refractivity contribution in [3.05, 3.63) is 20.8 Å². The van der Waals surface area contributed by atoms with Gasteiger partial charge in [-0.15, -0.1) is 23.7 Å². The van der Waals surface area contributed by atoms with Crippen molar-refractivity contribution in [2.24, 2.45) is 5.92 Å². The lowest BCUT2D eigenvalue weighted by molar-refractivity contribution is -0.124. The van der Waals surface area contributed by atoms with Crippen LogP contribution in [0.25, 0.3) is 0 Å². The maximum Gasteiger partial charge on any atom is 0.224 e. The maximum atomic E-state index is 11.7. The summed E-state index contributed by atoms with van der Waals surface area (Å²) in [7, 11) is 0. The number of nitrogens with one attached hydrogen (secondary N) is 2. The number of rotatable bonds is 3. The minimum absolute atomic E-state index is 0. The summed E-state index contributed by atoms with van der Waals surface area (Å²) in [5, 5.41) is 8.18. The third kappa shape index (κ3) is 3.73. The second-order valence-electron chi connectivity index (χ2n) is 3.64. The molecule has 0 aliphatic carbocycles. The van der Waals surface area contributed by atoms with E-state index in [-0.39, 0.29) is 24.2 Å². The highest BCUT2D eigenvalue weighted by Gasteiger charge is 2.21. The van der Waals surface area contributed by atoms with E-state index >= 15 is 0 Å². The van der Waals surface area contributed by atoms with E-state index in [4.69, 9.17) is 0 Å². The molecule has 16 heavy (non-hydrogen) atoms. The van der Waals surface area contributed by atoms with Crippen molar-refractivity contribution in [3.8, 4) is 0 Å². The first-order chi connectivity index (χ1) is 7.25. The van der Waals surface area contributed by atoms with Crippen molar-refractivity contribution < 1.29 is 4.79 Å². The average Bonchev–Trinajstić information content (AvgIpc) is 2.84. The first-order valence-corrected chi connectivity index (χ1v) is 6.64. The molecule has 2 heterocycles. The highest BCUT2D eigenvalue weighted by Crippen LogP contribution is 2.19. The Morgan fingerprint density at radius 1 is 1.69 bits per heavy atom. The molecule has 2 rings (SSSR count). The number of hydrogen-bond acceptors (Lipinski definition) is 3. The molecule has 1 amide bonds. The fraction of sp³-hybridized carbons (Fsp3) is 0.500. The summed E-state index contributed by atoms with van der Waals surface area (Å²) in [6, 6.07) is 2.04. The topological polar surface area (TPSA) is 41.1 Å². The first-order valence-electron chi connectivity index (χ1n) is 4.97. The number of carbonyl (C=O) groups excluding carboxylic acids is 1. The van der Waals surface area contributed by atoms with Gasteiger partial charge in [-0.3, -0.25) is 4.79 Å². The Kier molecular flexibility index (Phi) is 5.75. The Labute approximate surface area is 114 Å². The molecule has 6 heteroatoms. The fourth-order valence-electron chi connectivity index (χ4n) is 1.64. The van der Waals surface area contributed by atoms with E-state index in [2.05, 4.69) is 26.6 Å². The van der Waals surface area contributed by atoms with Crippen LogP contribution >= 0.6 is 39.7 Å². The molecule has 0 radical (unpaired) electrons. The van der Waals surface area contributed by atoms with Gasteiger partial charge >= 0.3 is 0 Å². The van der Waals surface area contributed by atoms with Gasteiger partial charge in [0.05, 0.1) is 12.5 Å². The lowest BCUT2D eigenvalue weighted by Gasteiger charge is -2.08. The zero-order chi connectivity index (χ0) is 10.7. The highest BCUT2D eigenvalue weighted by atomic mass is 79.9. The summed E-state index contributed by atoms with van der Waals surface area (Å²) in [6.07, 6.45) is 0.958. The summed E-state index contributed by atoms with van der Waals surface area (Å²) in [5.41, 5.74) is 0. The number of amides is 1. The van der Waals surface area contributed by atoms with E-state index in [1.807, 2.05) is 11.4 Å². The molecule has 1 aliphatic rings. The molecule has 0 unspecified atom stereocenters. The zero-order valence-corrected chi connectivity index (χ0v) is 11.9. The van der Waals surface area contributed by atoms with Crippen LogP contribution in [0.2, 0.25) is 0 Å². The smallest absolute Gasteiger partial charge is 0.224 e. The van der Waals surface area contributed by atoms with Gasteiger partial charge in [0.25, 0.3) is 0 Å². The molecule has 1 saturated heterocycles. The predicted molar refractivity (Wildman–Crippen MR) is 72.1 cm³/mol. The lowest BCUT2D eigenvalue weighted by Crippen LogP contribution is -2.31. The van der Waals surface area contributed by atoms with Gasteiger partial charge < -0.3 is 10.6 Å². The van der Waals surface area contributed by atoms with Crippen molar-refractivity contribution in [1.82, 2.24) is 10.6 Å². The van der Waals surface area contributed by atoms with Crippen molar-refractivity contribution >= 4 is 45.6 Å². The highest BCUT2D eigenvalue weighted by molar-refractivity contribution is 9.10. The molecule has 1 fully saturated rings. The third-order valence-corrected chi connectivity index (χ3v) is 4.19. The van der Waals surface area contributed by atoms with Crippen LogP contribution in [-0.4, -0.2) is 19.0 Å². The summed E-state index contributed by atoms with van der Waals surface area (Å²) in [6.45, 7) is 2.42. The number of thiophene rings is 1. The van der Waals surface area contributed by atoms with E-state index in [1.54, 1.807) is 11.3 Å². The van der Waals surface area contributed by atoms with E-state index in [0.29, 0.717) is 6.54 Å². The molecule has 0 aromatic carbocycles. The SMILES string of the molecule is Cl.O=C(NCc1cc(Br)cs1)[C@@H]1CCNC1. The second-order valence-corrected chi connectivity index (χ2v) is 5.55. The average molecular weight is 326 g/mol. The van der Waals surface area contributed by atoms with Crippen LogP contribution in [0.4, 0.5) is 0 Å². The third-order valence-electron chi connectivity index (χ3n) is 2.49. The largest absolute Gasteiger partial charge is 0.351 e. The molecule has 2 N–H and O–H groups in total. The lowest BCUT2D eigenvalue weighted by atomic mass is 10.1. The molecular formula is C10H14BrClN2OS. The van der Waals surface area contributed by atoms with Crippen LogP contribution in [0.3, 0.4) is 0 Å². The molecule has 0 bridgehead atoms. The summed E-state index contributed by atoms with van der Waals surface area (Å²) in [4.78, 5) is 12.8. The predicted octanol–water partition coefficient (Wildman–Crippen LogP) is 2.16. The van der Waals surface area contributed by atoms with Gasteiger partial charge in [0.2, 0.25) is 5.91 Å². The normalized spacial score (nSPS) is 19.2. The van der Waals surface area contributed by atoms with Crippen molar-refractivity contribution in [2.75, 3.05) is 13.1 Å². The Morgan fingerprint density at radius 3 is 3.06 bits per heavy atom. The van der Waals surface area contributed by atoms with Gasteiger partial charge in [0.1, 0.15) is 0 Å². The molecule has 1 aromatic heterocycles. The van der Waals surface area contributed by atoms with Crippen molar-refractivity contribution in [3.63, 3.8) is 0 Å². The van der Waals surface area contributed by atoms with Crippen LogP contribution < -0.4 is 10.6 Å². The van der Waals surface area contributed by atoms with Gasteiger partial charge in [0, 0.05) is 21.3 Å². The van der Waals surface area contributed by atoms with Crippen LogP contribution in [0.15, 0.2) is 15.9 Å². The van der Waals surface area contributed by atoms with Crippen molar-refractivity contribution in [2.45, 2.75) is 13.0 Å². The molecule has 0 spiro atoms. The molecular weight excluding hydrogens is 312 g/mol. The minimum Gasteiger partial charge on any atom is -0.351 e. The second kappa shape index (κ2) is 6.59. The van der Waals surface area contributed by atoms with Gasteiger partial charge in [-0.2, -0.15) is 0 Å². The summed E-state index contributed by atoms with van der Waals surface area (Å²) in [5.74, 6) is 0.331. The van der Waals surface area contributed by atoms with Crippen LogP contribution in [0.1, 0.15) is 11.3 Å². The summed E-state index contributed by atoms with van der Waals surface area (Å²) < 4.78 is 1.08. The Hall–Kier alpha value is -0.100. The van der Waals surface area contributed by atoms with Crippen LogP contribution in [0.5, 0.6) is 0 Å². The van der Waals surface area contributed by atoms with E-state index in [0.717, 1.165) is 24.0 Å².